The first-order chi connectivity index (χ1) is 9.92. The van der Waals surface area contributed by atoms with E-state index in [-0.39, 0.29) is 0 Å². The first kappa shape index (κ1) is 12.0. The average molecular weight is 265 g/mol. The molecule has 1 atom stereocenters. The van der Waals surface area contributed by atoms with E-state index < -0.39 is 0 Å². The quantitative estimate of drug-likeness (QED) is 0.841. The minimum Gasteiger partial charge on any atom is -0.493 e. The van der Waals surface area contributed by atoms with Gasteiger partial charge in [0.25, 0.3) is 0 Å². The van der Waals surface area contributed by atoms with Gasteiger partial charge in [-0.05, 0) is 47.1 Å². The first-order valence-corrected chi connectivity index (χ1v) is 7.45. The number of allylic oxidation sites excluding steroid dienone is 4. The first-order valence-electron chi connectivity index (χ1n) is 7.45. The van der Waals surface area contributed by atoms with Crippen molar-refractivity contribution in [2.75, 3.05) is 19.7 Å². The van der Waals surface area contributed by atoms with Crippen LogP contribution >= 0.6 is 0 Å². The summed E-state index contributed by atoms with van der Waals surface area (Å²) in [6.07, 6.45) is 6.71. The fraction of sp³-hybridized carbons (Fsp3) is 0.333. The van der Waals surface area contributed by atoms with Crippen LogP contribution < -0.4 is 5.32 Å². The third kappa shape index (κ3) is 2.01. The third-order valence-corrected chi connectivity index (χ3v) is 4.53. The van der Waals surface area contributed by atoms with Gasteiger partial charge < -0.3 is 10.1 Å². The molecule has 0 aromatic heterocycles. The molecule has 4 rings (SSSR count). The van der Waals surface area contributed by atoms with E-state index in [4.69, 9.17) is 4.74 Å². The Bertz CT molecular complexity index is 610. The summed E-state index contributed by atoms with van der Waals surface area (Å²) in [5, 5.41) is 3.51. The number of benzene rings is 1. The van der Waals surface area contributed by atoms with E-state index in [1.165, 1.54) is 16.7 Å². The van der Waals surface area contributed by atoms with Crippen LogP contribution in [0.1, 0.15) is 18.4 Å². The lowest BCUT2D eigenvalue weighted by molar-refractivity contribution is 0.212. The number of ether oxygens (including phenoxy) is 1. The summed E-state index contributed by atoms with van der Waals surface area (Å²) in [5.74, 6) is 1.79. The molecule has 20 heavy (non-hydrogen) atoms. The molecule has 1 aromatic rings. The molecule has 2 nitrogen and oxygen atoms in total. The zero-order valence-electron chi connectivity index (χ0n) is 11.6. The predicted octanol–water partition coefficient (Wildman–Crippen LogP) is 3.29. The highest BCUT2D eigenvalue weighted by molar-refractivity contribution is 5.77. The van der Waals surface area contributed by atoms with Crippen LogP contribution in [0.25, 0.3) is 5.57 Å². The second-order valence-corrected chi connectivity index (χ2v) is 5.71. The number of fused-ring (bicyclic) bond motifs is 2. The van der Waals surface area contributed by atoms with Crippen LogP contribution in [0.2, 0.25) is 0 Å². The van der Waals surface area contributed by atoms with Crippen LogP contribution in [0, 0.1) is 5.92 Å². The highest BCUT2D eigenvalue weighted by Gasteiger charge is 2.29. The molecule has 0 radical (unpaired) electrons. The van der Waals surface area contributed by atoms with Gasteiger partial charge in [0.05, 0.1) is 6.61 Å². The van der Waals surface area contributed by atoms with Gasteiger partial charge in [-0.25, -0.2) is 0 Å². The Hall–Kier alpha value is -1.80. The summed E-state index contributed by atoms with van der Waals surface area (Å²) >= 11 is 0. The fourth-order valence-electron chi connectivity index (χ4n) is 3.44. The van der Waals surface area contributed by atoms with Gasteiger partial charge in [-0.3, -0.25) is 0 Å². The van der Waals surface area contributed by atoms with Gasteiger partial charge in [-0.2, -0.15) is 0 Å². The van der Waals surface area contributed by atoms with E-state index in [0.717, 1.165) is 38.3 Å². The molecule has 3 aliphatic rings. The van der Waals surface area contributed by atoms with Crippen molar-refractivity contribution in [3.05, 3.63) is 65.0 Å². The second-order valence-electron chi connectivity index (χ2n) is 5.71. The fourth-order valence-corrected chi connectivity index (χ4v) is 3.44. The van der Waals surface area contributed by atoms with Gasteiger partial charge in [0.15, 0.2) is 0 Å². The molecule has 2 heterocycles. The van der Waals surface area contributed by atoms with Crippen LogP contribution in [0.15, 0.2) is 59.4 Å². The maximum Gasteiger partial charge on any atom is 0.123 e. The van der Waals surface area contributed by atoms with Gasteiger partial charge in [-0.1, -0.05) is 36.4 Å². The SMILES string of the molecule is C1=C2OCCC3CNCC3=C2CC=C1c1ccccc1. The second kappa shape index (κ2) is 4.95. The zero-order chi connectivity index (χ0) is 13.4. The monoisotopic (exact) mass is 265 g/mol. The highest BCUT2D eigenvalue weighted by Crippen LogP contribution is 2.37. The molecule has 0 amide bonds. The van der Waals surface area contributed by atoms with Crippen LogP contribution in [0.4, 0.5) is 0 Å². The molecule has 2 aliphatic heterocycles. The van der Waals surface area contributed by atoms with Crippen molar-refractivity contribution < 1.29 is 4.74 Å². The van der Waals surface area contributed by atoms with Crippen LogP contribution in [0.3, 0.4) is 0 Å². The predicted molar refractivity (Wildman–Crippen MR) is 81.1 cm³/mol. The average Bonchev–Trinajstić information content (AvgIpc) is 2.90. The largest absolute Gasteiger partial charge is 0.493 e. The molecule has 1 aromatic carbocycles. The lowest BCUT2D eigenvalue weighted by Gasteiger charge is -2.18. The Morgan fingerprint density at radius 2 is 2.05 bits per heavy atom. The van der Waals surface area contributed by atoms with Gasteiger partial charge in [0.2, 0.25) is 0 Å². The molecule has 0 saturated carbocycles. The van der Waals surface area contributed by atoms with Gasteiger partial charge in [-0.15, -0.1) is 0 Å². The Balaban J connectivity index is 1.73. The summed E-state index contributed by atoms with van der Waals surface area (Å²) in [6.45, 7) is 2.99. The lowest BCUT2D eigenvalue weighted by Crippen LogP contribution is -2.10. The number of hydrogen-bond donors (Lipinski definition) is 1. The van der Waals surface area contributed by atoms with E-state index in [1.807, 2.05) is 0 Å². The maximum atomic E-state index is 6.03. The molecule has 0 spiro atoms. The normalized spacial score (nSPS) is 25.1. The summed E-state index contributed by atoms with van der Waals surface area (Å²) in [6, 6.07) is 10.6. The third-order valence-electron chi connectivity index (χ3n) is 4.53. The Morgan fingerprint density at radius 1 is 1.15 bits per heavy atom. The minimum absolute atomic E-state index is 0.683. The van der Waals surface area contributed by atoms with E-state index in [2.05, 4.69) is 47.8 Å². The molecular weight excluding hydrogens is 246 g/mol. The highest BCUT2D eigenvalue weighted by atomic mass is 16.5. The Kier molecular flexibility index (Phi) is 2.96. The van der Waals surface area contributed by atoms with E-state index in [0.29, 0.717) is 5.92 Å². The maximum absolute atomic E-state index is 6.03. The zero-order valence-corrected chi connectivity index (χ0v) is 11.6. The summed E-state index contributed by atoms with van der Waals surface area (Å²) < 4.78 is 6.03. The standard InChI is InChI=1S/C18H19NO/c1-2-4-13(5-3-1)14-6-7-16-17-12-19-11-15(17)8-9-20-18(16)10-14/h1-6,10,15,19H,7-9,11-12H2. The van der Waals surface area contributed by atoms with Gasteiger partial charge in [0.1, 0.15) is 5.76 Å². The molecule has 102 valence electrons. The Labute approximate surface area is 119 Å². The van der Waals surface area contributed by atoms with Crippen molar-refractivity contribution in [1.82, 2.24) is 5.32 Å². The van der Waals surface area contributed by atoms with Crippen molar-refractivity contribution in [3.8, 4) is 0 Å². The smallest absolute Gasteiger partial charge is 0.123 e. The molecule has 1 N–H and O–H groups in total. The van der Waals surface area contributed by atoms with Crippen LogP contribution in [-0.2, 0) is 4.74 Å². The summed E-state index contributed by atoms with van der Waals surface area (Å²) in [7, 11) is 0. The molecule has 1 saturated heterocycles. The molecule has 1 aliphatic carbocycles. The molecule has 0 bridgehead atoms. The van der Waals surface area contributed by atoms with Crippen LogP contribution in [-0.4, -0.2) is 19.7 Å². The Morgan fingerprint density at radius 3 is 2.95 bits per heavy atom. The van der Waals surface area contributed by atoms with Gasteiger partial charge >= 0.3 is 0 Å². The van der Waals surface area contributed by atoms with E-state index in [1.54, 1.807) is 5.57 Å². The van der Waals surface area contributed by atoms with Crippen molar-refractivity contribution >= 4 is 5.57 Å². The van der Waals surface area contributed by atoms with E-state index >= 15 is 0 Å². The molecular formula is C18H19NO. The van der Waals surface area contributed by atoms with Crippen molar-refractivity contribution in [1.29, 1.82) is 0 Å². The van der Waals surface area contributed by atoms with Crippen LogP contribution in [0.5, 0.6) is 0 Å². The van der Waals surface area contributed by atoms with Crippen molar-refractivity contribution in [3.63, 3.8) is 0 Å². The molecule has 2 heteroatoms. The summed E-state index contributed by atoms with van der Waals surface area (Å²) in [4.78, 5) is 0. The number of hydrogen-bond acceptors (Lipinski definition) is 2. The topological polar surface area (TPSA) is 21.3 Å². The molecule has 1 fully saturated rings. The minimum atomic E-state index is 0.683. The summed E-state index contributed by atoms with van der Waals surface area (Å²) in [5.41, 5.74) is 5.57. The number of nitrogens with one attached hydrogen (secondary N) is 1. The number of rotatable bonds is 1. The molecule has 1 unspecified atom stereocenters. The van der Waals surface area contributed by atoms with Gasteiger partial charge in [0, 0.05) is 13.1 Å². The van der Waals surface area contributed by atoms with E-state index in [9.17, 15) is 0 Å². The van der Waals surface area contributed by atoms with Crippen molar-refractivity contribution in [2.24, 2.45) is 5.92 Å². The van der Waals surface area contributed by atoms with Crippen molar-refractivity contribution in [2.45, 2.75) is 12.8 Å². The lowest BCUT2D eigenvalue weighted by atomic mass is 9.89.